The van der Waals surface area contributed by atoms with E-state index in [0.29, 0.717) is 0 Å². The number of hydrogen-bond donors (Lipinski definition) is 0. The Morgan fingerprint density at radius 3 is 1.89 bits per heavy atom. The summed E-state index contributed by atoms with van der Waals surface area (Å²) in [6.07, 6.45) is 19.8. The van der Waals surface area contributed by atoms with Crippen LogP contribution in [0.25, 0.3) is 0 Å². The van der Waals surface area contributed by atoms with E-state index in [4.69, 9.17) is 5.32 Å². The van der Waals surface area contributed by atoms with Crippen molar-refractivity contribution in [3.05, 3.63) is 0 Å². The lowest BCUT2D eigenvalue weighted by molar-refractivity contribution is 0.363. The van der Waals surface area contributed by atoms with Gasteiger partial charge in [0, 0.05) is 12.6 Å². The summed E-state index contributed by atoms with van der Waals surface area (Å²) in [5, 5.41) is 4.84. The molecular weight excluding hydrogens is 218 g/mol. The highest BCUT2D eigenvalue weighted by atomic mass is 14.9. The first-order chi connectivity index (χ1) is 8.93. The molecule has 0 spiro atoms. The maximum atomic E-state index is 4.84. The van der Waals surface area contributed by atoms with Crippen LogP contribution in [-0.2, 0) is 0 Å². The molecule has 1 fully saturated rings. The van der Waals surface area contributed by atoms with E-state index in [1.165, 1.54) is 89.9 Å². The van der Waals surface area contributed by atoms with Crippen LogP contribution < -0.4 is 5.32 Å². The van der Waals surface area contributed by atoms with Crippen molar-refractivity contribution in [2.75, 3.05) is 6.54 Å². The molecule has 1 rings (SSSR count). The Morgan fingerprint density at radius 2 is 1.28 bits per heavy atom. The maximum absolute atomic E-state index is 4.84. The van der Waals surface area contributed by atoms with Crippen LogP contribution in [0.1, 0.15) is 96.8 Å². The Labute approximate surface area is 115 Å². The molecule has 18 heavy (non-hydrogen) atoms. The van der Waals surface area contributed by atoms with Gasteiger partial charge in [-0.1, -0.05) is 77.6 Å². The third kappa shape index (κ3) is 8.97. The third-order valence-corrected chi connectivity index (χ3v) is 4.22. The van der Waals surface area contributed by atoms with Gasteiger partial charge >= 0.3 is 0 Å². The molecule has 0 aromatic heterocycles. The highest BCUT2D eigenvalue weighted by Gasteiger charge is 2.12. The van der Waals surface area contributed by atoms with Crippen molar-refractivity contribution in [3.63, 3.8) is 0 Å². The van der Waals surface area contributed by atoms with Gasteiger partial charge in [-0.2, -0.15) is 0 Å². The Morgan fingerprint density at radius 1 is 0.722 bits per heavy atom. The molecule has 1 heteroatoms. The molecule has 0 aliphatic heterocycles. The number of unbranched alkanes of at least 4 members (excludes halogenated alkanes) is 8. The van der Waals surface area contributed by atoms with Crippen LogP contribution >= 0.6 is 0 Å². The summed E-state index contributed by atoms with van der Waals surface area (Å²) < 4.78 is 0. The lowest BCUT2D eigenvalue weighted by Crippen LogP contribution is -2.25. The molecule has 0 aromatic rings. The monoisotopic (exact) mass is 252 g/mol. The normalized spacial score (nSPS) is 17.2. The van der Waals surface area contributed by atoms with Gasteiger partial charge in [0.2, 0.25) is 0 Å². The molecule has 1 aliphatic carbocycles. The Hall–Kier alpha value is -0.0400. The van der Waals surface area contributed by atoms with E-state index >= 15 is 0 Å². The molecule has 0 bridgehead atoms. The first-order valence-electron chi connectivity index (χ1n) is 8.60. The van der Waals surface area contributed by atoms with Gasteiger partial charge in [0.15, 0.2) is 0 Å². The van der Waals surface area contributed by atoms with Crippen LogP contribution in [-0.4, -0.2) is 12.6 Å². The van der Waals surface area contributed by atoms with Crippen LogP contribution in [0, 0.1) is 0 Å². The molecule has 1 nitrogen and oxygen atoms in total. The minimum atomic E-state index is 0.729. The van der Waals surface area contributed by atoms with Gasteiger partial charge in [-0.15, -0.1) is 0 Å². The highest BCUT2D eigenvalue weighted by Crippen LogP contribution is 2.18. The molecular formula is C17H34N. The van der Waals surface area contributed by atoms with Gasteiger partial charge in [-0.3, -0.25) is 0 Å². The molecule has 0 amide bonds. The summed E-state index contributed by atoms with van der Waals surface area (Å²) in [6.45, 7) is 3.43. The van der Waals surface area contributed by atoms with E-state index in [9.17, 15) is 0 Å². The zero-order valence-corrected chi connectivity index (χ0v) is 12.6. The van der Waals surface area contributed by atoms with Gasteiger partial charge < -0.3 is 0 Å². The van der Waals surface area contributed by atoms with Crippen molar-refractivity contribution >= 4 is 0 Å². The smallest absolute Gasteiger partial charge is 0.0246 e. The lowest BCUT2D eigenvalue weighted by Gasteiger charge is -2.21. The van der Waals surface area contributed by atoms with E-state index in [2.05, 4.69) is 6.92 Å². The van der Waals surface area contributed by atoms with Gasteiger partial charge in [0.1, 0.15) is 0 Å². The molecule has 1 saturated carbocycles. The first-order valence-corrected chi connectivity index (χ1v) is 8.60. The van der Waals surface area contributed by atoms with E-state index in [-0.39, 0.29) is 0 Å². The molecule has 0 atom stereocenters. The molecule has 0 heterocycles. The summed E-state index contributed by atoms with van der Waals surface area (Å²) in [5.41, 5.74) is 0. The van der Waals surface area contributed by atoms with E-state index < -0.39 is 0 Å². The zero-order valence-electron chi connectivity index (χ0n) is 12.6. The maximum Gasteiger partial charge on any atom is 0.0246 e. The van der Waals surface area contributed by atoms with Crippen molar-refractivity contribution in [1.82, 2.24) is 5.32 Å². The van der Waals surface area contributed by atoms with Crippen LogP contribution in [0.2, 0.25) is 0 Å². The summed E-state index contributed by atoms with van der Waals surface area (Å²) >= 11 is 0. The quantitative estimate of drug-likeness (QED) is 0.434. The van der Waals surface area contributed by atoms with Gasteiger partial charge in [-0.25, -0.2) is 5.32 Å². The number of hydrogen-bond acceptors (Lipinski definition) is 0. The van der Waals surface area contributed by atoms with Crippen molar-refractivity contribution in [2.24, 2.45) is 0 Å². The largest absolute Gasteiger partial charge is 0.238 e. The molecule has 0 saturated heterocycles. The molecule has 0 aromatic carbocycles. The molecule has 0 N–H and O–H groups in total. The third-order valence-electron chi connectivity index (χ3n) is 4.22. The molecule has 0 unspecified atom stereocenters. The Kier molecular flexibility index (Phi) is 10.7. The number of rotatable bonds is 11. The average molecular weight is 252 g/mol. The fourth-order valence-corrected chi connectivity index (χ4v) is 2.96. The van der Waals surface area contributed by atoms with Crippen molar-refractivity contribution < 1.29 is 0 Å². The van der Waals surface area contributed by atoms with Gasteiger partial charge in [0.25, 0.3) is 0 Å². The highest BCUT2D eigenvalue weighted by molar-refractivity contribution is 4.71. The molecule has 1 radical (unpaired) electrons. The van der Waals surface area contributed by atoms with Crippen LogP contribution in [0.15, 0.2) is 0 Å². The Balaban J connectivity index is 1.73. The minimum Gasteiger partial charge on any atom is -0.238 e. The first kappa shape index (κ1) is 16.0. The lowest BCUT2D eigenvalue weighted by atomic mass is 9.95. The summed E-state index contributed by atoms with van der Waals surface area (Å²) in [6, 6.07) is 0.729. The standard InChI is InChI=1S/C17H34N/c1-2-3-4-5-6-7-8-9-13-16-18-17-14-11-10-12-15-17/h17H,2-16H2,1H3. The number of nitrogens with zero attached hydrogens (tertiary/aromatic N) is 1. The summed E-state index contributed by atoms with van der Waals surface area (Å²) in [4.78, 5) is 0. The van der Waals surface area contributed by atoms with E-state index in [1.807, 2.05) is 0 Å². The van der Waals surface area contributed by atoms with Crippen LogP contribution in [0.5, 0.6) is 0 Å². The van der Waals surface area contributed by atoms with E-state index in [0.717, 1.165) is 12.6 Å². The van der Waals surface area contributed by atoms with Crippen molar-refractivity contribution in [2.45, 2.75) is 103 Å². The summed E-state index contributed by atoms with van der Waals surface area (Å²) in [5.74, 6) is 0. The topological polar surface area (TPSA) is 14.1 Å². The Bertz CT molecular complexity index is 161. The molecule has 1 aliphatic rings. The second-order valence-electron chi connectivity index (χ2n) is 6.03. The van der Waals surface area contributed by atoms with Gasteiger partial charge in [0.05, 0.1) is 0 Å². The summed E-state index contributed by atoms with van der Waals surface area (Å²) in [7, 11) is 0. The van der Waals surface area contributed by atoms with Crippen molar-refractivity contribution in [3.8, 4) is 0 Å². The van der Waals surface area contributed by atoms with Crippen molar-refractivity contribution in [1.29, 1.82) is 0 Å². The molecule has 107 valence electrons. The fraction of sp³-hybridized carbons (Fsp3) is 1.00. The predicted octanol–water partition coefficient (Wildman–Crippen LogP) is 5.45. The van der Waals surface area contributed by atoms with Crippen LogP contribution in [0.4, 0.5) is 0 Å². The zero-order chi connectivity index (χ0) is 12.9. The van der Waals surface area contributed by atoms with Gasteiger partial charge in [-0.05, 0) is 19.3 Å². The predicted molar refractivity (Wildman–Crippen MR) is 81.1 cm³/mol. The fourth-order valence-electron chi connectivity index (χ4n) is 2.96. The SMILES string of the molecule is CCCCCCCCCCC[N]C1CCCCC1. The van der Waals surface area contributed by atoms with E-state index in [1.54, 1.807) is 0 Å². The minimum absolute atomic E-state index is 0.729. The van der Waals surface area contributed by atoms with Crippen LogP contribution in [0.3, 0.4) is 0 Å². The average Bonchev–Trinajstić information content (AvgIpc) is 2.42. The second-order valence-corrected chi connectivity index (χ2v) is 6.03. The second kappa shape index (κ2) is 12.0.